The van der Waals surface area contributed by atoms with Crippen LogP contribution in [0.4, 0.5) is 0 Å². The van der Waals surface area contributed by atoms with Gasteiger partial charge in [0, 0.05) is 12.6 Å². The summed E-state index contributed by atoms with van der Waals surface area (Å²) in [5, 5.41) is 3.71. The Bertz CT molecular complexity index is 202. The van der Waals surface area contributed by atoms with Gasteiger partial charge in [0.05, 0.1) is 12.2 Å². The molecule has 0 aromatic rings. The van der Waals surface area contributed by atoms with E-state index in [0.29, 0.717) is 18.2 Å². The molecule has 0 radical (unpaired) electrons. The van der Waals surface area contributed by atoms with Crippen molar-refractivity contribution in [3.63, 3.8) is 0 Å². The van der Waals surface area contributed by atoms with Gasteiger partial charge >= 0.3 is 0 Å². The number of fused-ring (bicyclic) bond motifs is 1. The lowest BCUT2D eigenvalue weighted by molar-refractivity contribution is -0.0742. The molecule has 1 aliphatic heterocycles. The first-order chi connectivity index (χ1) is 6.93. The number of rotatable bonds is 1. The molecule has 3 atom stereocenters. The topological polar surface area (TPSA) is 21.3 Å². The number of hydrogen-bond acceptors (Lipinski definition) is 2. The van der Waals surface area contributed by atoms with E-state index in [2.05, 4.69) is 5.32 Å². The molecule has 1 saturated heterocycles. The van der Waals surface area contributed by atoms with Gasteiger partial charge in [-0.1, -0.05) is 19.3 Å². The van der Waals surface area contributed by atoms with Crippen LogP contribution in [0.1, 0.15) is 44.9 Å². The molecule has 14 heavy (non-hydrogen) atoms. The molecule has 1 heterocycles. The summed E-state index contributed by atoms with van der Waals surface area (Å²) in [5.74, 6) is 0.895. The summed E-state index contributed by atoms with van der Waals surface area (Å²) in [7, 11) is 0. The number of hydrogen-bond donors (Lipinski definition) is 1. The van der Waals surface area contributed by atoms with E-state index in [0.717, 1.165) is 12.5 Å². The van der Waals surface area contributed by atoms with Crippen molar-refractivity contribution in [1.82, 2.24) is 5.32 Å². The maximum Gasteiger partial charge on any atom is 0.0732 e. The maximum atomic E-state index is 6.23. The summed E-state index contributed by atoms with van der Waals surface area (Å²) in [4.78, 5) is 0. The predicted octanol–water partition coefficient (Wildman–Crippen LogP) is 2.09. The normalized spacial score (nSPS) is 44.1. The van der Waals surface area contributed by atoms with Gasteiger partial charge in [-0.25, -0.2) is 0 Å². The van der Waals surface area contributed by atoms with Crippen LogP contribution in [-0.4, -0.2) is 24.8 Å². The zero-order chi connectivity index (χ0) is 9.38. The molecule has 0 amide bonds. The molecule has 1 N–H and O–H groups in total. The first-order valence-corrected chi connectivity index (χ1v) is 6.32. The summed E-state index contributed by atoms with van der Waals surface area (Å²) >= 11 is 0. The number of morpholine rings is 1. The monoisotopic (exact) mass is 195 g/mol. The lowest BCUT2D eigenvalue weighted by Crippen LogP contribution is -2.52. The van der Waals surface area contributed by atoms with Crippen molar-refractivity contribution in [2.45, 2.75) is 63.2 Å². The number of ether oxygens (including phenoxy) is 1. The number of nitrogens with one attached hydrogen (secondary N) is 1. The van der Waals surface area contributed by atoms with E-state index in [1.165, 1.54) is 44.9 Å². The molecule has 0 spiro atoms. The zero-order valence-electron chi connectivity index (χ0n) is 8.87. The largest absolute Gasteiger partial charge is 0.372 e. The maximum absolute atomic E-state index is 6.23. The molecule has 3 unspecified atom stereocenters. The van der Waals surface area contributed by atoms with Gasteiger partial charge in [-0.05, 0) is 31.6 Å². The lowest BCUT2D eigenvalue weighted by Gasteiger charge is -2.37. The molecular formula is C12H21NO. The highest BCUT2D eigenvalue weighted by Gasteiger charge is 2.39. The molecule has 3 fully saturated rings. The Kier molecular flexibility index (Phi) is 2.50. The van der Waals surface area contributed by atoms with Crippen LogP contribution in [0.15, 0.2) is 0 Å². The fraction of sp³-hybridized carbons (Fsp3) is 1.00. The van der Waals surface area contributed by atoms with Gasteiger partial charge in [0.2, 0.25) is 0 Å². The zero-order valence-corrected chi connectivity index (χ0v) is 8.87. The summed E-state index contributed by atoms with van der Waals surface area (Å²) in [6.07, 6.45) is 10.7. The van der Waals surface area contributed by atoms with Gasteiger partial charge in [-0.15, -0.1) is 0 Å². The van der Waals surface area contributed by atoms with Crippen LogP contribution in [0.2, 0.25) is 0 Å². The first kappa shape index (κ1) is 9.17. The Morgan fingerprint density at radius 2 is 1.71 bits per heavy atom. The van der Waals surface area contributed by atoms with Gasteiger partial charge < -0.3 is 10.1 Å². The molecule has 2 heteroatoms. The Balaban J connectivity index is 1.62. The first-order valence-electron chi connectivity index (χ1n) is 6.32. The summed E-state index contributed by atoms with van der Waals surface area (Å²) in [6.45, 7) is 1.12. The minimum atomic E-state index is 0.539. The van der Waals surface area contributed by atoms with Gasteiger partial charge in [0.25, 0.3) is 0 Å². The van der Waals surface area contributed by atoms with E-state index < -0.39 is 0 Å². The van der Waals surface area contributed by atoms with Crippen molar-refractivity contribution < 1.29 is 4.74 Å². The van der Waals surface area contributed by atoms with Gasteiger partial charge in [-0.3, -0.25) is 0 Å². The average molecular weight is 195 g/mol. The van der Waals surface area contributed by atoms with Crippen molar-refractivity contribution in [1.29, 1.82) is 0 Å². The second-order valence-electron chi connectivity index (χ2n) is 5.20. The quantitative estimate of drug-likeness (QED) is 0.691. The van der Waals surface area contributed by atoms with Gasteiger partial charge in [-0.2, -0.15) is 0 Å². The van der Waals surface area contributed by atoms with Gasteiger partial charge in [0.1, 0.15) is 0 Å². The Morgan fingerprint density at radius 3 is 2.57 bits per heavy atom. The Hall–Kier alpha value is -0.0800. The summed E-state index contributed by atoms with van der Waals surface area (Å²) < 4.78 is 6.23. The third-order valence-electron chi connectivity index (χ3n) is 4.03. The van der Waals surface area contributed by atoms with Crippen molar-refractivity contribution in [3.8, 4) is 0 Å². The van der Waals surface area contributed by atoms with Crippen molar-refractivity contribution in [2.75, 3.05) is 6.54 Å². The Morgan fingerprint density at radius 1 is 0.857 bits per heavy atom. The van der Waals surface area contributed by atoms with E-state index >= 15 is 0 Å². The SMILES string of the molecule is C1CCC2NCC(C3CC3)OC2CC1. The van der Waals surface area contributed by atoms with Crippen molar-refractivity contribution >= 4 is 0 Å². The predicted molar refractivity (Wildman–Crippen MR) is 56.3 cm³/mol. The minimum Gasteiger partial charge on any atom is -0.372 e. The minimum absolute atomic E-state index is 0.539. The van der Waals surface area contributed by atoms with E-state index in [4.69, 9.17) is 4.74 Å². The molecule has 0 bridgehead atoms. The highest BCUT2D eigenvalue weighted by atomic mass is 16.5. The van der Waals surface area contributed by atoms with Crippen LogP contribution in [0.5, 0.6) is 0 Å². The molecule has 2 nitrogen and oxygen atoms in total. The molecule has 3 aliphatic rings. The summed E-state index contributed by atoms with van der Waals surface area (Å²) in [5.41, 5.74) is 0. The van der Waals surface area contributed by atoms with E-state index in [1.807, 2.05) is 0 Å². The molecule has 3 rings (SSSR count). The fourth-order valence-corrected chi connectivity index (χ4v) is 2.96. The second-order valence-corrected chi connectivity index (χ2v) is 5.20. The van der Waals surface area contributed by atoms with Crippen molar-refractivity contribution in [2.24, 2.45) is 5.92 Å². The van der Waals surface area contributed by atoms with Crippen LogP contribution < -0.4 is 5.32 Å². The highest BCUT2D eigenvalue weighted by molar-refractivity contribution is 4.92. The van der Waals surface area contributed by atoms with E-state index in [9.17, 15) is 0 Å². The molecular weight excluding hydrogens is 174 g/mol. The van der Waals surface area contributed by atoms with Crippen molar-refractivity contribution in [3.05, 3.63) is 0 Å². The molecule has 0 aromatic carbocycles. The smallest absolute Gasteiger partial charge is 0.0732 e. The Labute approximate surface area is 86.4 Å². The molecule has 2 aliphatic carbocycles. The lowest BCUT2D eigenvalue weighted by atomic mass is 10.0. The second kappa shape index (κ2) is 3.82. The average Bonchev–Trinajstić information content (AvgIpc) is 3.04. The van der Waals surface area contributed by atoms with Crippen LogP contribution in [0.3, 0.4) is 0 Å². The van der Waals surface area contributed by atoms with E-state index in [-0.39, 0.29) is 0 Å². The van der Waals surface area contributed by atoms with Crippen LogP contribution in [0.25, 0.3) is 0 Å². The van der Waals surface area contributed by atoms with Crippen LogP contribution in [-0.2, 0) is 4.74 Å². The van der Waals surface area contributed by atoms with E-state index in [1.54, 1.807) is 0 Å². The fourth-order valence-electron chi connectivity index (χ4n) is 2.96. The highest BCUT2D eigenvalue weighted by Crippen LogP contribution is 2.37. The van der Waals surface area contributed by atoms with Crippen LogP contribution >= 0.6 is 0 Å². The standard InChI is InChI=1S/C12H21NO/c1-2-4-10-11(5-3-1)14-12(8-13-10)9-6-7-9/h9-13H,1-8H2. The van der Waals surface area contributed by atoms with Crippen LogP contribution in [0, 0.1) is 5.92 Å². The molecule has 0 aromatic heterocycles. The third-order valence-corrected chi connectivity index (χ3v) is 4.03. The third kappa shape index (κ3) is 1.82. The van der Waals surface area contributed by atoms with Gasteiger partial charge in [0.15, 0.2) is 0 Å². The molecule has 2 saturated carbocycles. The molecule has 80 valence electrons. The summed E-state index contributed by atoms with van der Waals surface area (Å²) in [6, 6.07) is 0.674.